The minimum atomic E-state index is -3.88. The predicted molar refractivity (Wildman–Crippen MR) is 73.3 cm³/mol. The quantitative estimate of drug-likeness (QED) is 0.853. The second-order valence-corrected chi connectivity index (χ2v) is 6.65. The van der Waals surface area contributed by atoms with Gasteiger partial charge in [0.25, 0.3) is 10.0 Å². The van der Waals surface area contributed by atoms with Gasteiger partial charge < -0.3 is 9.52 Å². The SMILES string of the molecule is CCC(NS(=O)(=O)c1ccc(C(=O)O)o1)c1cccs1. The van der Waals surface area contributed by atoms with Crippen LogP contribution in [0.25, 0.3) is 0 Å². The molecule has 0 fully saturated rings. The third-order valence-electron chi connectivity index (χ3n) is 2.65. The molecule has 108 valence electrons. The molecule has 0 saturated carbocycles. The lowest BCUT2D eigenvalue weighted by atomic mass is 10.2. The number of carbonyl (C=O) groups is 1. The molecule has 1 unspecified atom stereocenters. The first-order valence-electron chi connectivity index (χ1n) is 5.83. The first-order valence-corrected chi connectivity index (χ1v) is 8.19. The summed E-state index contributed by atoms with van der Waals surface area (Å²) in [6, 6.07) is 5.56. The highest BCUT2D eigenvalue weighted by Crippen LogP contribution is 2.24. The van der Waals surface area contributed by atoms with Crippen molar-refractivity contribution in [1.29, 1.82) is 0 Å². The highest BCUT2D eigenvalue weighted by atomic mass is 32.2. The minimum absolute atomic E-state index is 0.363. The molecule has 0 aliphatic carbocycles. The maximum Gasteiger partial charge on any atom is 0.371 e. The summed E-state index contributed by atoms with van der Waals surface area (Å²) >= 11 is 1.45. The van der Waals surface area contributed by atoms with Crippen molar-refractivity contribution in [2.75, 3.05) is 0 Å². The molecule has 8 heteroatoms. The second kappa shape index (κ2) is 5.78. The van der Waals surface area contributed by atoms with Crippen LogP contribution >= 0.6 is 11.3 Å². The van der Waals surface area contributed by atoms with Gasteiger partial charge in [-0.3, -0.25) is 0 Å². The van der Waals surface area contributed by atoms with E-state index in [4.69, 9.17) is 9.52 Å². The van der Waals surface area contributed by atoms with Crippen molar-refractivity contribution < 1.29 is 22.7 Å². The largest absolute Gasteiger partial charge is 0.475 e. The molecule has 20 heavy (non-hydrogen) atoms. The van der Waals surface area contributed by atoms with E-state index in [0.717, 1.165) is 17.0 Å². The van der Waals surface area contributed by atoms with Gasteiger partial charge in [-0.1, -0.05) is 13.0 Å². The van der Waals surface area contributed by atoms with Gasteiger partial charge in [0.2, 0.25) is 10.9 Å². The molecular formula is C12H13NO5S2. The molecule has 6 nitrogen and oxygen atoms in total. The summed E-state index contributed by atoms with van der Waals surface area (Å²) < 4.78 is 31.6. The van der Waals surface area contributed by atoms with Crippen LogP contribution < -0.4 is 4.72 Å². The zero-order valence-electron chi connectivity index (χ0n) is 10.6. The summed E-state index contributed by atoms with van der Waals surface area (Å²) in [5, 5.41) is 10.2. The van der Waals surface area contributed by atoms with Crippen LogP contribution in [0.5, 0.6) is 0 Å². The van der Waals surface area contributed by atoms with Crippen molar-refractivity contribution in [1.82, 2.24) is 4.72 Å². The molecule has 2 rings (SSSR count). The molecule has 0 aliphatic heterocycles. The minimum Gasteiger partial charge on any atom is -0.475 e. The number of aromatic carboxylic acids is 1. The number of thiophene rings is 1. The van der Waals surface area contributed by atoms with Gasteiger partial charge in [0.1, 0.15) is 0 Å². The lowest BCUT2D eigenvalue weighted by Gasteiger charge is -2.14. The van der Waals surface area contributed by atoms with E-state index in [1.54, 1.807) is 0 Å². The van der Waals surface area contributed by atoms with Crippen LogP contribution in [0, 0.1) is 0 Å². The zero-order valence-corrected chi connectivity index (χ0v) is 12.2. The Balaban J connectivity index is 2.23. The summed E-state index contributed by atoms with van der Waals surface area (Å²) in [6.07, 6.45) is 0.576. The van der Waals surface area contributed by atoms with Crippen molar-refractivity contribution in [3.8, 4) is 0 Å². The fourth-order valence-electron chi connectivity index (χ4n) is 1.66. The van der Waals surface area contributed by atoms with E-state index < -0.39 is 26.8 Å². The molecule has 0 aliphatic rings. The molecule has 0 bridgehead atoms. The van der Waals surface area contributed by atoms with E-state index in [9.17, 15) is 13.2 Å². The van der Waals surface area contributed by atoms with Crippen LogP contribution in [-0.2, 0) is 10.0 Å². The molecule has 0 radical (unpaired) electrons. The Labute approximate surface area is 120 Å². The Kier molecular flexibility index (Phi) is 4.26. The summed E-state index contributed by atoms with van der Waals surface area (Å²) in [4.78, 5) is 11.6. The normalized spacial score (nSPS) is 13.2. The summed E-state index contributed by atoms with van der Waals surface area (Å²) in [5.74, 6) is -1.72. The van der Waals surface area contributed by atoms with Gasteiger partial charge in [-0.05, 0) is 30.0 Å². The number of hydrogen-bond donors (Lipinski definition) is 2. The van der Waals surface area contributed by atoms with Crippen LogP contribution in [0.2, 0.25) is 0 Å². The predicted octanol–water partition coefficient (Wildman–Crippen LogP) is 2.47. The maximum atomic E-state index is 12.1. The van der Waals surface area contributed by atoms with E-state index in [0.29, 0.717) is 6.42 Å². The molecule has 0 amide bonds. The van der Waals surface area contributed by atoms with Crippen molar-refractivity contribution in [3.05, 3.63) is 40.3 Å². The van der Waals surface area contributed by atoms with Gasteiger partial charge in [-0.2, -0.15) is 0 Å². The molecule has 1 atom stereocenters. The first-order chi connectivity index (χ1) is 9.44. The average molecular weight is 315 g/mol. The van der Waals surface area contributed by atoms with Crippen molar-refractivity contribution >= 4 is 27.3 Å². The van der Waals surface area contributed by atoms with E-state index >= 15 is 0 Å². The fourth-order valence-corrected chi connectivity index (χ4v) is 3.82. The maximum absolute atomic E-state index is 12.1. The van der Waals surface area contributed by atoms with Gasteiger partial charge in [-0.25, -0.2) is 17.9 Å². The van der Waals surface area contributed by atoms with Gasteiger partial charge in [-0.15, -0.1) is 11.3 Å². The molecule has 0 aromatic carbocycles. The Hall–Kier alpha value is -1.64. The number of sulfonamides is 1. The van der Waals surface area contributed by atoms with Gasteiger partial charge in [0.15, 0.2) is 0 Å². The Morgan fingerprint density at radius 3 is 2.70 bits per heavy atom. The van der Waals surface area contributed by atoms with Crippen molar-refractivity contribution in [2.24, 2.45) is 0 Å². The van der Waals surface area contributed by atoms with Crippen molar-refractivity contribution in [2.45, 2.75) is 24.5 Å². The van der Waals surface area contributed by atoms with Gasteiger partial charge in [0, 0.05) is 4.88 Å². The van der Waals surface area contributed by atoms with Crippen LogP contribution in [0.15, 0.2) is 39.2 Å². The Morgan fingerprint density at radius 1 is 1.45 bits per heavy atom. The number of carboxylic acids is 1. The number of furan rings is 1. The fraction of sp³-hybridized carbons (Fsp3) is 0.250. The number of rotatable bonds is 6. The summed E-state index contributed by atoms with van der Waals surface area (Å²) in [6.45, 7) is 1.86. The van der Waals surface area contributed by atoms with Crippen molar-refractivity contribution in [3.63, 3.8) is 0 Å². The second-order valence-electron chi connectivity index (χ2n) is 4.02. The molecule has 2 aromatic heterocycles. The van der Waals surface area contributed by atoms with Crippen LogP contribution in [0.3, 0.4) is 0 Å². The van der Waals surface area contributed by atoms with E-state index in [1.165, 1.54) is 11.3 Å². The average Bonchev–Trinajstić information content (AvgIpc) is 3.06. The number of carboxylic acid groups (broad SMARTS) is 1. The number of nitrogens with one attached hydrogen (secondary N) is 1. The van der Waals surface area contributed by atoms with E-state index in [-0.39, 0.29) is 6.04 Å². The molecule has 0 saturated heterocycles. The summed E-state index contributed by atoms with van der Waals surface area (Å²) in [7, 11) is -3.88. The Bertz CT molecular complexity index is 687. The third kappa shape index (κ3) is 3.09. The lowest BCUT2D eigenvalue weighted by molar-refractivity contribution is 0.0656. The topological polar surface area (TPSA) is 96.6 Å². The van der Waals surface area contributed by atoms with Crippen LogP contribution in [0.4, 0.5) is 0 Å². The van der Waals surface area contributed by atoms with Crippen LogP contribution in [-0.4, -0.2) is 19.5 Å². The van der Waals surface area contributed by atoms with Crippen LogP contribution in [0.1, 0.15) is 34.8 Å². The highest BCUT2D eigenvalue weighted by molar-refractivity contribution is 7.89. The number of hydrogen-bond acceptors (Lipinski definition) is 5. The highest BCUT2D eigenvalue weighted by Gasteiger charge is 2.25. The molecular weight excluding hydrogens is 302 g/mol. The molecule has 2 N–H and O–H groups in total. The van der Waals surface area contributed by atoms with E-state index in [2.05, 4.69) is 4.72 Å². The first kappa shape index (κ1) is 14.8. The van der Waals surface area contributed by atoms with Gasteiger partial charge in [0.05, 0.1) is 6.04 Å². The third-order valence-corrected chi connectivity index (χ3v) is 4.98. The van der Waals surface area contributed by atoms with Gasteiger partial charge >= 0.3 is 5.97 Å². The molecule has 2 aromatic rings. The molecule has 0 spiro atoms. The zero-order chi connectivity index (χ0) is 14.8. The smallest absolute Gasteiger partial charge is 0.371 e. The summed E-state index contributed by atoms with van der Waals surface area (Å²) in [5.41, 5.74) is 0. The Morgan fingerprint density at radius 2 is 2.20 bits per heavy atom. The monoisotopic (exact) mass is 315 g/mol. The molecule has 2 heterocycles. The van der Waals surface area contributed by atoms with E-state index in [1.807, 2.05) is 24.4 Å². The lowest BCUT2D eigenvalue weighted by Crippen LogP contribution is -2.27. The standard InChI is InChI=1S/C12H13NO5S2/c1-2-8(10-4-3-7-19-10)13-20(16,17)11-6-5-9(18-11)12(14)15/h3-8,13H,2H2,1H3,(H,14,15).